The lowest BCUT2D eigenvalue weighted by Crippen LogP contribution is -2.31. The van der Waals surface area contributed by atoms with Gasteiger partial charge in [-0.1, -0.05) is 42.5 Å². The summed E-state index contributed by atoms with van der Waals surface area (Å²) in [4.78, 5) is 14.5. The molecule has 3 aromatic rings. The molecule has 0 aliphatic rings. The Kier molecular flexibility index (Phi) is 6.57. The zero-order valence-corrected chi connectivity index (χ0v) is 16.1. The van der Waals surface area contributed by atoms with Gasteiger partial charge in [-0.2, -0.15) is 0 Å². The minimum Gasteiger partial charge on any atom is -0.497 e. The first-order chi connectivity index (χ1) is 13.7. The van der Waals surface area contributed by atoms with E-state index in [2.05, 4.69) is 15.5 Å². The highest BCUT2D eigenvalue weighted by Gasteiger charge is 2.16. The summed E-state index contributed by atoms with van der Waals surface area (Å²) in [5, 5.41) is 11.5. The molecular weight excluding hydrogens is 352 g/mol. The molecule has 6 nitrogen and oxygen atoms in total. The molecule has 0 aliphatic carbocycles. The minimum atomic E-state index is -0.124. The van der Waals surface area contributed by atoms with E-state index in [-0.39, 0.29) is 5.91 Å². The second kappa shape index (κ2) is 9.50. The predicted octanol–water partition coefficient (Wildman–Crippen LogP) is 3.76. The number of hydrogen-bond acceptors (Lipinski definition) is 5. The number of nitrogens with zero attached hydrogens (tertiary/aromatic N) is 3. The summed E-state index contributed by atoms with van der Waals surface area (Å²) in [6.07, 6.45) is 0. The summed E-state index contributed by atoms with van der Waals surface area (Å²) in [5.41, 5.74) is 2.53. The molecular formula is C22H24N4O2. The molecule has 1 heterocycles. The molecule has 3 rings (SSSR count). The van der Waals surface area contributed by atoms with Gasteiger partial charge in [-0.15, -0.1) is 10.2 Å². The highest BCUT2D eigenvalue weighted by molar-refractivity contribution is 5.92. The summed E-state index contributed by atoms with van der Waals surface area (Å²) in [7, 11) is 1.64. The number of nitrogens with one attached hydrogen (secondary N) is 1. The molecule has 144 valence electrons. The second-order valence-electron chi connectivity index (χ2n) is 6.31. The van der Waals surface area contributed by atoms with Crippen LogP contribution in [0.2, 0.25) is 0 Å². The van der Waals surface area contributed by atoms with Crippen molar-refractivity contribution in [2.75, 3.05) is 19.0 Å². The highest BCUT2D eigenvalue weighted by atomic mass is 16.5. The van der Waals surface area contributed by atoms with E-state index in [1.54, 1.807) is 24.1 Å². The van der Waals surface area contributed by atoms with Crippen molar-refractivity contribution in [3.8, 4) is 5.75 Å². The van der Waals surface area contributed by atoms with E-state index in [1.807, 2.05) is 61.5 Å². The first-order valence-corrected chi connectivity index (χ1v) is 9.23. The van der Waals surface area contributed by atoms with Gasteiger partial charge in [-0.3, -0.25) is 4.79 Å². The zero-order valence-electron chi connectivity index (χ0n) is 16.1. The third-order valence-corrected chi connectivity index (χ3v) is 4.40. The van der Waals surface area contributed by atoms with Crippen LogP contribution in [0.15, 0.2) is 66.7 Å². The number of ether oxygens (including phenoxy) is 1. The summed E-state index contributed by atoms with van der Waals surface area (Å²) in [5.74, 6) is 1.32. The number of rotatable bonds is 8. The Hall–Kier alpha value is -3.41. The molecule has 2 aromatic carbocycles. The summed E-state index contributed by atoms with van der Waals surface area (Å²) in [6.45, 7) is 3.72. The molecule has 1 N–H and O–H groups in total. The molecule has 0 atom stereocenters. The number of aromatic nitrogens is 2. The first-order valence-electron chi connectivity index (χ1n) is 9.23. The molecule has 0 radical (unpaired) electrons. The standard InChI is InChI=1S/C22H24N4O2/c1-3-26(16-18-7-5-4-6-8-18)22(27)20-13-14-21(25-24-20)23-15-17-9-11-19(28-2)12-10-17/h4-14H,3,15-16H2,1-2H3,(H,23,25). The number of hydrogen-bond donors (Lipinski definition) is 1. The molecule has 0 bridgehead atoms. The van der Waals surface area contributed by atoms with E-state index >= 15 is 0 Å². The van der Waals surface area contributed by atoms with E-state index in [9.17, 15) is 4.79 Å². The van der Waals surface area contributed by atoms with Crippen LogP contribution in [0.25, 0.3) is 0 Å². The molecule has 0 spiro atoms. The Morgan fingerprint density at radius 1 is 0.964 bits per heavy atom. The normalized spacial score (nSPS) is 10.4. The van der Waals surface area contributed by atoms with Gasteiger partial charge in [0.15, 0.2) is 5.69 Å². The van der Waals surface area contributed by atoms with Crippen LogP contribution in [-0.2, 0) is 13.1 Å². The number of carbonyl (C=O) groups excluding carboxylic acids is 1. The zero-order chi connectivity index (χ0) is 19.8. The maximum Gasteiger partial charge on any atom is 0.274 e. The summed E-state index contributed by atoms with van der Waals surface area (Å²) >= 11 is 0. The van der Waals surface area contributed by atoms with Gasteiger partial charge in [0.05, 0.1) is 7.11 Å². The number of anilines is 1. The Balaban J connectivity index is 1.59. The Labute approximate surface area is 165 Å². The molecule has 6 heteroatoms. The van der Waals surface area contributed by atoms with E-state index in [4.69, 9.17) is 4.74 Å². The van der Waals surface area contributed by atoms with Crippen molar-refractivity contribution >= 4 is 11.7 Å². The molecule has 1 amide bonds. The molecule has 28 heavy (non-hydrogen) atoms. The largest absolute Gasteiger partial charge is 0.497 e. The fraction of sp³-hybridized carbons (Fsp3) is 0.227. The van der Waals surface area contributed by atoms with Crippen molar-refractivity contribution in [3.63, 3.8) is 0 Å². The average Bonchev–Trinajstić information content (AvgIpc) is 2.77. The lowest BCUT2D eigenvalue weighted by Gasteiger charge is -2.20. The number of benzene rings is 2. The predicted molar refractivity (Wildman–Crippen MR) is 109 cm³/mol. The minimum absolute atomic E-state index is 0.124. The van der Waals surface area contributed by atoms with Crippen LogP contribution in [0.1, 0.15) is 28.5 Å². The molecule has 0 fully saturated rings. The van der Waals surface area contributed by atoms with Crippen LogP contribution in [0.3, 0.4) is 0 Å². The maximum atomic E-state index is 12.7. The Bertz CT molecular complexity index is 881. The van der Waals surface area contributed by atoms with Gasteiger partial charge in [-0.05, 0) is 42.3 Å². The van der Waals surface area contributed by atoms with Crippen LogP contribution >= 0.6 is 0 Å². The van der Waals surface area contributed by atoms with Crippen LogP contribution < -0.4 is 10.1 Å². The third-order valence-electron chi connectivity index (χ3n) is 4.40. The van der Waals surface area contributed by atoms with Gasteiger partial charge in [0.1, 0.15) is 11.6 Å². The molecule has 0 unspecified atom stereocenters. The van der Waals surface area contributed by atoms with Crippen LogP contribution in [-0.4, -0.2) is 34.7 Å². The first kappa shape index (κ1) is 19.4. The van der Waals surface area contributed by atoms with Gasteiger partial charge in [0, 0.05) is 19.6 Å². The molecule has 0 saturated carbocycles. The lowest BCUT2D eigenvalue weighted by molar-refractivity contribution is 0.0745. The SMILES string of the molecule is CCN(Cc1ccccc1)C(=O)c1ccc(NCc2ccc(OC)cc2)nn1. The van der Waals surface area contributed by atoms with E-state index in [0.717, 1.165) is 16.9 Å². The van der Waals surface area contributed by atoms with Crippen molar-refractivity contribution in [1.82, 2.24) is 15.1 Å². The van der Waals surface area contributed by atoms with Crippen molar-refractivity contribution in [2.24, 2.45) is 0 Å². The smallest absolute Gasteiger partial charge is 0.274 e. The van der Waals surface area contributed by atoms with Gasteiger partial charge in [0.25, 0.3) is 5.91 Å². The Morgan fingerprint density at radius 2 is 1.71 bits per heavy atom. The van der Waals surface area contributed by atoms with Crippen molar-refractivity contribution < 1.29 is 9.53 Å². The van der Waals surface area contributed by atoms with E-state index in [0.29, 0.717) is 31.1 Å². The fourth-order valence-electron chi connectivity index (χ4n) is 2.77. The number of amides is 1. The van der Waals surface area contributed by atoms with Crippen molar-refractivity contribution in [1.29, 1.82) is 0 Å². The Morgan fingerprint density at radius 3 is 2.32 bits per heavy atom. The summed E-state index contributed by atoms with van der Waals surface area (Å²) in [6, 6.07) is 21.2. The summed E-state index contributed by atoms with van der Waals surface area (Å²) < 4.78 is 5.15. The second-order valence-corrected chi connectivity index (χ2v) is 6.31. The number of methoxy groups -OCH3 is 1. The quantitative estimate of drug-likeness (QED) is 0.648. The topological polar surface area (TPSA) is 67.4 Å². The lowest BCUT2D eigenvalue weighted by atomic mass is 10.2. The van der Waals surface area contributed by atoms with Gasteiger partial charge in [0.2, 0.25) is 0 Å². The maximum absolute atomic E-state index is 12.7. The van der Waals surface area contributed by atoms with E-state index < -0.39 is 0 Å². The third kappa shape index (κ3) is 5.07. The van der Waals surface area contributed by atoms with Crippen LogP contribution in [0.5, 0.6) is 5.75 Å². The van der Waals surface area contributed by atoms with Gasteiger partial charge < -0.3 is 15.0 Å². The van der Waals surface area contributed by atoms with Crippen LogP contribution in [0.4, 0.5) is 5.82 Å². The highest BCUT2D eigenvalue weighted by Crippen LogP contribution is 2.13. The van der Waals surface area contributed by atoms with Crippen molar-refractivity contribution in [3.05, 3.63) is 83.6 Å². The molecule has 0 aliphatic heterocycles. The molecule has 1 aromatic heterocycles. The van der Waals surface area contributed by atoms with Crippen LogP contribution in [0, 0.1) is 0 Å². The van der Waals surface area contributed by atoms with Crippen molar-refractivity contribution in [2.45, 2.75) is 20.0 Å². The molecule has 0 saturated heterocycles. The average molecular weight is 376 g/mol. The van der Waals surface area contributed by atoms with E-state index in [1.165, 1.54) is 0 Å². The fourth-order valence-corrected chi connectivity index (χ4v) is 2.77. The van der Waals surface area contributed by atoms with Gasteiger partial charge in [-0.25, -0.2) is 0 Å². The monoisotopic (exact) mass is 376 g/mol. The van der Waals surface area contributed by atoms with Gasteiger partial charge >= 0.3 is 0 Å². The number of carbonyl (C=O) groups is 1.